The number of hydrogen-bond donors (Lipinski definition) is 1. The van der Waals surface area contributed by atoms with Crippen molar-refractivity contribution in [1.29, 1.82) is 0 Å². The standard InChI is InChI=1S/C14H20FNO/c1-4-14(16,5-2)13(17)9-11-6-7-12(15)8-10(11)3/h6-8H,4-5,9,16H2,1-3H3. The number of aryl methyl sites for hydroxylation is 1. The van der Waals surface area contributed by atoms with E-state index in [2.05, 4.69) is 0 Å². The fraction of sp³-hybridized carbons (Fsp3) is 0.500. The molecular weight excluding hydrogens is 217 g/mol. The fourth-order valence-electron chi connectivity index (χ4n) is 1.85. The molecule has 0 fully saturated rings. The van der Waals surface area contributed by atoms with Crippen LogP contribution in [0.4, 0.5) is 4.39 Å². The van der Waals surface area contributed by atoms with Gasteiger partial charge in [0.05, 0.1) is 5.54 Å². The van der Waals surface area contributed by atoms with Crippen LogP contribution >= 0.6 is 0 Å². The van der Waals surface area contributed by atoms with Gasteiger partial charge < -0.3 is 5.73 Å². The monoisotopic (exact) mass is 237 g/mol. The Hall–Kier alpha value is -1.22. The maximum atomic E-state index is 12.9. The second kappa shape index (κ2) is 5.41. The molecule has 0 bridgehead atoms. The molecule has 94 valence electrons. The number of carbonyl (C=O) groups is 1. The summed E-state index contributed by atoms with van der Waals surface area (Å²) in [6.45, 7) is 5.64. The molecule has 0 aromatic heterocycles. The van der Waals surface area contributed by atoms with Crippen molar-refractivity contribution in [2.75, 3.05) is 0 Å². The van der Waals surface area contributed by atoms with Crippen LogP contribution in [0.15, 0.2) is 18.2 Å². The third-order valence-corrected chi connectivity index (χ3v) is 3.47. The number of carbonyl (C=O) groups excluding carboxylic acids is 1. The second-order valence-corrected chi connectivity index (χ2v) is 4.53. The fourth-order valence-corrected chi connectivity index (χ4v) is 1.85. The smallest absolute Gasteiger partial charge is 0.156 e. The highest BCUT2D eigenvalue weighted by molar-refractivity contribution is 5.90. The molecule has 0 saturated carbocycles. The topological polar surface area (TPSA) is 43.1 Å². The van der Waals surface area contributed by atoms with Gasteiger partial charge in [-0.3, -0.25) is 4.79 Å². The van der Waals surface area contributed by atoms with Crippen LogP contribution in [-0.4, -0.2) is 11.3 Å². The molecule has 1 aromatic rings. The molecule has 1 rings (SSSR count). The normalized spacial score (nSPS) is 11.6. The predicted octanol–water partition coefficient (Wildman–Crippen LogP) is 2.76. The van der Waals surface area contributed by atoms with Gasteiger partial charge in [-0.15, -0.1) is 0 Å². The van der Waals surface area contributed by atoms with Crippen molar-refractivity contribution in [3.8, 4) is 0 Å². The lowest BCUT2D eigenvalue weighted by atomic mass is 9.85. The van der Waals surface area contributed by atoms with Crippen LogP contribution in [0.25, 0.3) is 0 Å². The molecule has 0 radical (unpaired) electrons. The quantitative estimate of drug-likeness (QED) is 0.855. The molecule has 2 N–H and O–H groups in total. The second-order valence-electron chi connectivity index (χ2n) is 4.53. The highest BCUT2D eigenvalue weighted by atomic mass is 19.1. The first kappa shape index (κ1) is 13.8. The molecule has 3 heteroatoms. The largest absolute Gasteiger partial charge is 0.319 e. The zero-order chi connectivity index (χ0) is 13.1. The zero-order valence-electron chi connectivity index (χ0n) is 10.7. The first-order valence-corrected chi connectivity index (χ1v) is 6.00. The van der Waals surface area contributed by atoms with Crippen LogP contribution in [0.1, 0.15) is 37.8 Å². The van der Waals surface area contributed by atoms with E-state index in [4.69, 9.17) is 5.73 Å². The molecule has 0 aliphatic carbocycles. The molecule has 2 nitrogen and oxygen atoms in total. The van der Waals surface area contributed by atoms with Crippen molar-refractivity contribution >= 4 is 5.78 Å². The summed E-state index contributed by atoms with van der Waals surface area (Å²) >= 11 is 0. The summed E-state index contributed by atoms with van der Waals surface area (Å²) in [6.07, 6.45) is 1.54. The Morgan fingerprint density at radius 1 is 1.35 bits per heavy atom. The summed E-state index contributed by atoms with van der Waals surface area (Å²) in [4.78, 5) is 12.1. The molecule has 0 heterocycles. The van der Waals surface area contributed by atoms with Gasteiger partial charge in [0, 0.05) is 6.42 Å². The van der Waals surface area contributed by atoms with Crippen LogP contribution in [0.5, 0.6) is 0 Å². The molecule has 0 spiro atoms. The number of halogens is 1. The third-order valence-electron chi connectivity index (χ3n) is 3.47. The minimum absolute atomic E-state index is 0.0252. The van der Waals surface area contributed by atoms with E-state index in [-0.39, 0.29) is 18.0 Å². The lowest BCUT2D eigenvalue weighted by Gasteiger charge is -2.25. The van der Waals surface area contributed by atoms with Crippen LogP contribution in [0.3, 0.4) is 0 Å². The van der Waals surface area contributed by atoms with E-state index in [0.717, 1.165) is 11.1 Å². The molecule has 1 aromatic carbocycles. The molecule has 0 unspecified atom stereocenters. The van der Waals surface area contributed by atoms with E-state index < -0.39 is 5.54 Å². The number of benzene rings is 1. The minimum Gasteiger partial charge on any atom is -0.319 e. The molecular formula is C14H20FNO. The summed E-state index contributed by atoms with van der Waals surface area (Å²) in [5, 5.41) is 0. The number of rotatable bonds is 5. The third kappa shape index (κ3) is 3.13. The number of Topliss-reactive ketones (excluding diaryl/α,β-unsaturated/α-hetero) is 1. The van der Waals surface area contributed by atoms with Gasteiger partial charge in [-0.2, -0.15) is 0 Å². The van der Waals surface area contributed by atoms with Gasteiger partial charge in [-0.25, -0.2) is 4.39 Å². The number of hydrogen-bond acceptors (Lipinski definition) is 2. The molecule has 17 heavy (non-hydrogen) atoms. The number of nitrogens with two attached hydrogens (primary N) is 1. The van der Waals surface area contributed by atoms with E-state index in [1.165, 1.54) is 12.1 Å². The lowest BCUT2D eigenvalue weighted by molar-refractivity contribution is -0.123. The first-order valence-electron chi connectivity index (χ1n) is 6.00. The Balaban J connectivity index is 2.88. The maximum absolute atomic E-state index is 12.9. The Bertz CT molecular complexity index is 411. The molecule has 0 atom stereocenters. The highest BCUT2D eigenvalue weighted by Gasteiger charge is 2.29. The molecule has 0 amide bonds. The zero-order valence-corrected chi connectivity index (χ0v) is 10.7. The first-order chi connectivity index (χ1) is 7.92. The summed E-state index contributed by atoms with van der Waals surface area (Å²) < 4.78 is 12.9. The van der Waals surface area contributed by atoms with Gasteiger partial charge in [0.25, 0.3) is 0 Å². The van der Waals surface area contributed by atoms with Crippen LogP contribution < -0.4 is 5.73 Å². The van der Waals surface area contributed by atoms with E-state index in [9.17, 15) is 9.18 Å². The molecule has 0 aliphatic rings. The Morgan fingerprint density at radius 3 is 2.41 bits per heavy atom. The highest BCUT2D eigenvalue weighted by Crippen LogP contribution is 2.18. The lowest BCUT2D eigenvalue weighted by Crippen LogP contribution is -2.47. The summed E-state index contributed by atoms with van der Waals surface area (Å²) in [5.41, 5.74) is 6.95. The van der Waals surface area contributed by atoms with Crippen molar-refractivity contribution in [2.45, 2.75) is 45.6 Å². The summed E-state index contributed by atoms with van der Waals surface area (Å²) in [5.74, 6) is -0.249. The van der Waals surface area contributed by atoms with Gasteiger partial charge >= 0.3 is 0 Å². The van der Waals surface area contributed by atoms with Crippen molar-refractivity contribution < 1.29 is 9.18 Å². The van der Waals surface area contributed by atoms with Gasteiger partial charge in [0.15, 0.2) is 5.78 Å². The van der Waals surface area contributed by atoms with Crippen LogP contribution in [-0.2, 0) is 11.2 Å². The Labute approximate surface area is 102 Å². The van der Waals surface area contributed by atoms with Crippen molar-refractivity contribution in [3.05, 3.63) is 35.1 Å². The maximum Gasteiger partial charge on any atom is 0.156 e. The van der Waals surface area contributed by atoms with Crippen molar-refractivity contribution in [1.82, 2.24) is 0 Å². The molecule has 0 aliphatic heterocycles. The predicted molar refractivity (Wildman–Crippen MR) is 67.3 cm³/mol. The van der Waals surface area contributed by atoms with Gasteiger partial charge in [-0.05, 0) is 43.0 Å². The summed E-state index contributed by atoms with van der Waals surface area (Å²) in [7, 11) is 0. The van der Waals surface area contributed by atoms with Gasteiger partial charge in [0.1, 0.15) is 5.82 Å². The molecule has 0 saturated heterocycles. The minimum atomic E-state index is -0.749. The van der Waals surface area contributed by atoms with Crippen LogP contribution in [0, 0.1) is 12.7 Å². The van der Waals surface area contributed by atoms with E-state index in [0.29, 0.717) is 12.8 Å². The average molecular weight is 237 g/mol. The Kier molecular flexibility index (Phi) is 4.40. The van der Waals surface area contributed by atoms with E-state index >= 15 is 0 Å². The van der Waals surface area contributed by atoms with E-state index in [1.807, 2.05) is 20.8 Å². The van der Waals surface area contributed by atoms with E-state index in [1.54, 1.807) is 6.07 Å². The van der Waals surface area contributed by atoms with Gasteiger partial charge in [0.2, 0.25) is 0 Å². The van der Waals surface area contributed by atoms with Crippen molar-refractivity contribution in [3.63, 3.8) is 0 Å². The van der Waals surface area contributed by atoms with Crippen molar-refractivity contribution in [2.24, 2.45) is 5.73 Å². The Morgan fingerprint density at radius 2 is 1.94 bits per heavy atom. The summed E-state index contributed by atoms with van der Waals surface area (Å²) in [6, 6.07) is 4.48. The van der Waals surface area contributed by atoms with Crippen LogP contribution in [0.2, 0.25) is 0 Å². The average Bonchev–Trinajstić information content (AvgIpc) is 2.31. The number of ketones is 1. The van der Waals surface area contributed by atoms with Gasteiger partial charge in [-0.1, -0.05) is 19.9 Å². The SMILES string of the molecule is CCC(N)(CC)C(=O)Cc1ccc(F)cc1C.